The summed E-state index contributed by atoms with van der Waals surface area (Å²) in [7, 11) is 0. The first-order valence-electron chi connectivity index (χ1n) is 8.05. The summed E-state index contributed by atoms with van der Waals surface area (Å²) in [5.74, 6) is -0.234. The van der Waals surface area contributed by atoms with Crippen molar-refractivity contribution in [2.24, 2.45) is 5.92 Å². The highest BCUT2D eigenvalue weighted by Gasteiger charge is 2.29. The Kier molecular flexibility index (Phi) is 8.53. The lowest BCUT2D eigenvalue weighted by Gasteiger charge is -2.28. The molecule has 2 amide bonds. The summed E-state index contributed by atoms with van der Waals surface area (Å²) in [5, 5.41) is 6.73. The van der Waals surface area contributed by atoms with E-state index in [1.807, 2.05) is 18.7 Å². The Bertz CT molecular complexity index is 541. The Hall–Kier alpha value is -1.30. The molecule has 0 radical (unpaired) electrons. The molecule has 0 bridgehead atoms. The molecule has 0 aliphatic carbocycles. The Morgan fingerprint density at radius 1 is 1.17 bits per heavy atom. The summed E-state index contributed by atoms with van der Waals surface area (Å²) in [6.45, 7) is 7.02. The fraction of sp³-hybridized carbons (Fsp3) is 0.529. The number of rotatable bonds is 4. The van der Waals surface area contributed by atoms with Crippen molar-refractivity contribution in [1.82, 2.24) is 15.5 Å². The van der Waals surface area contributed by atoms with Gasteiger partial charge in [0, 0.05) is 30.2 Å². The third-order valence-electron chi connectivity index (χ3n) is 3.98. The van der Waals surface area contributed by atoms with E-state index in [-0.39, 0.29) is 30.1 Å². The van der Waals surface area contributed by atoms with Gasteiger partial charge in [-0.1, -0.05) is 25.4 Å². The molecule has 2 rings (SSSR count). The summed E-state index contributed by atoms with van der Waals surface area (Å²) in [6, 6.07) is 6.15. The molecule has 134 valence electrons. The van der Waals surface area contributed by atoms with Crippen LogP contribution in [0.4, 0.5) is 0 Å². The number of nitrogens with zero attached hydrogens (tertiary/aromatic N) is 1. The van der Waals surface area contributed by atoms with Gasteiger partial charge in [-0.15, -0.1) is 12.4 Å². The Morgan fingerprint density at radius 2 is 1.83 bits per heavy atom. The van der Waals surface area contributed by atoms with Crippen molar-refractivity contribution in [2.75, 3.05) is 26.2 Å². The lowest BCUT2D eigenvalue weighted by Crippen LogP contribution is -2.52. The van der Waals surface area contributed by atoms with Crippen molar-refractivity contribution >= 4 is 35.8 Å². The zero-order valence-corrected chi connectivity index (χ0v) is 15.6. The van der Waals surface area contributed by atoms with Gasteiger partial charge in [-0.05, 0) is 43.1 Å². The number of carbonyl (C=O) groups excluding carboxylic acids is 2. The van der Waals surface area contributed by atoms with Gasteiger partial charge in [0.25, 0.3) is 5.91 Å². The highest BCUT2D eigenvalue weighted by atomic mass is 35.5. The molecule has 7 heteroatoms. The van der Waals surface area contributed by atoms with Crippen molar-refractivity contribution in [3.05, 3.63) is 34.9 Å². The fourth-order valence-electron chi connectivity index (χ4n) is 2.60. The van der Waals surface area contributed by atoms with Gasteiger partial charge in [0.2, 0.25) is 5.91 Å². The molecular weight excluding hydrogens is 349 g/mol. The minimum absolute atomic E-state index is 0. The molecule has 1 atom stereocenters. The molecule has 24 heavy (non-hydrogen) atoms. The second-order valence-corrected chi connectivity index (χ2v) is 6.57. The number of benzene rings is 1. The minimum atomic E-state index is -0.517. The van der Waals surface area contributed by atoms with E-state index in [1.54, 1.807) is 24.3 Å². The summed E-state index contributed by atoms with van der Waals surface area (Å²) < 4.78 is 0. The highest BCUT2D eigenvalue weighted by molar-refractivity contribution is 6.30. The molecule has 1 aromatic carbocycles. The van der Waals surface area contributed by atoms with Gasteiger partial charge in [0.1, 0.15) is 6.04 Å². The van der Waals surface area contributed by atoms with E-state index in [9.17, 15) is 9.59 Å². The average molecular weight is 374 g/mol. The van der Waals surface area contributed by atoms with Crippen molar-refractivity contribution in [1.29, 1.82) is 0 Å². The third-order valence-corrected chi connectivity index (χ3v) is 4.23. The van der Waals surface area contributed by atoms with E-state index < -0.39 is 6.04 Å². The predicted octanol–water partition coefficient (Wildman–Crippen LogP) is 2.34. The van der Waals surface area contributed by atoms with Crippen molar-refractivity contribution in [2.45, 2.75) is 26.3 Å². The molecule has 1 saturated heterocycles. The van der Waals surface area contributed by atoms with Crippen molar-refractivity contribution in [3.63, 3.8) is 0 Å². The zero-order chi connectivity index (χ0) is 16.8. The van der Waals surface area contributed by atoms with Gasteiger partial charge < -0.3 is 15.5 Å². The molecule has 2 N–H and O–H groups in total. The molecule has 5 nitrogen and oxygen atoms in total. The molecular formula is C17H25Cl2N3O2. The van der Waals surface area contributed by atoms with E-state index in [2.05, 4.69) is 10.6 Å². The molecule has 1 aliphatic heterocycles. The van der Waals surface area contributed by atoms with Gasteiger partial charge in [-0.3, -0.25) is 9.59 Å². The molecule has 1 fully saturated rings. The molecule has 0 aromatic heterocycles. The fourth-order valence-corrected chi connectivity index (χ4v) is 2.73. The maximum atomic E-state index is 12.8. The summed E-state index contributed by atoms with van der Waals surface area (Å²) >= 11 is 5.84. The summed E-state index contributed by atoms with van der Waals surface area (Å²) in [6.07, 6.45) is 0.932. The van der Waals surface area contributed by atoms with Crippen LogP contribution >= 0.6 is 24.0 Å². The number of halogens is 2. The van der Waals surface area contributed by atoms with Gasteiger partial charge in [0.05, 0.1) is 0 Å². The van der Waals surface area contributed by atoms with Crippen LogP contribution < -0.4 is 10.6 Å². The van der Waals surface area contributed by atoms with Crippen LogP contribution in [-0.4, -0.2) is 48.9 Å². The second kappa shape index (κ2) is 9.87. The quantitative estimate of drug-likeness (QED) is 0.851. The Labute approximate surface area is 154 Å². The second-order valence-electron chi connectivity index (χ2n) is 6.13. The Morgan fingerprint density at radius 3 is 2.46 bits per heavy atom. The molecule has 1 aromatic rings. The van der Waals surface area contributed by atoms with Crippen LogP contribution in [0.15, 0.2) is 24.3 Å². The van der Waals surface area contributed by atoms with Crippen molar-refractivity contribution < 1.29 is 9.59 Å². The number of carbonyl (C=O) groups is 2. The predicted molar refractivity (Wildman–Crippen MR) is 98.9 cm³/mol. The van der Waals surface area contributed by atoms with E-state index in [1.165, 1.54) is 0 Å². The SMILES string of the molecule is CC(C)C(NC(=O)c1ccc(Cl)cc1)C(=O)N1CCCNCC1.Cl. The van der Waals surface area contributed by atoms with Crippen LogP contribution in [0, 0.1) is 5.92 Å². The molecule has 0 saturated carbocycles. The normalized spacial score (nSPS) is 16.1. The standard InChI is InChI=1S/C17H24ClN3O2.ClH/c1-12(2)15(17(23)21-10-3-8-19-9-11-21)20-16(22)13-4-6-14(18)7-5-13;/h4-7,12,15,19H,3,8-11H2,1-2H3,(H,20,22);1H. The van der Waals surface area contributed by atoms with Gasteiger partial charge in [-0.2, -0.15) is 0 Å². The minimum Gasteiger partial charge on any atom is -0.340 e. The van der Waals surface area contributed by atoms with Crippen LogP contribution in [0.1, 0.15) is 30.6 Å². The smallest absolute Gasteiger partial charge is 0.251 e. The largest absolute Gasteiger partial charge is 0.340 e. The zero-order valence-electron chi connectivity index (χ0n) is 14.0. The van der Waals surface area contributed by atoms with Crippen LogP contribution in [0.5, 0.6) is 0 Å². The highest BCUT2D eigenvalue weighted by Crippen LogP contribution is 2.12. The molecule has 0 spiro atoms. The number of nitrogens with one attached hydrogen (secondary N) is 2. The lowest BCUT2D eigenvalue weighted by atomic mass is 10.0. The van der Waals surface area contributed by atoms with E-state index in [0.717, 1.165) is 26.1 Å². The number of hydrogen-bond donors (Lipinski definition) is 2. The maximum Gasteiger partial charge on any atom is 0.251 e. The molecule has 1 unspecified atom stereocenters. The number of amides is 2. The van der Waals surface area contributed by atoms with Crippen LogP contribution in [0.25, 0.3) is 0 Å². The lowest BCUT2D eigenvalue weighted by molar-refractivity contribution is -0.134. The van der Waals surface area contributed by atoms with E-state index >= 15 is 0 Å². The van der Waals surface area contributed by atoms with Crippen LogP contribution in [0.3, 0.4) is 0 Å². The summed E-state index contributed by atoms with van der Waals surface area (Å²) in [5.41, 5.74) is 0.505. The maximum absolute atomic E-state index is 12.8. The van der Waals surface area contributed by atoms with E-state index in [4.69, 9.17) is 11.6 Å². The first-order valence-corrected chi connectivity index (χ1v) is 8.43. The van der Waals surface area contributed by atoms with Gasteiger partial charge in [-0.25, -0.2) is 0 Å². The first-order chi connectivity index (χ1) is 11.0. The molecule has 1 aliphatic rings. The monoisotopic (exact) mass is 373 g/mol. The Balaban J connectivity index is 0.00000288. The average Bonchev–Trinajstić information content (AvgIpc) is 2.81. The third kappa shape index (κ3) is 5.65. The topological polar surface area (TPSA) is 61.4 Å². The molecule has 1 heterocycles. The van der Waals surface area contributed by atoms with Gasteiger partial charge in [0.15, 0.2) is 0 Å². The van der Waals surface area contributed by atoms with Crippen LogP contribution in [0.2, 0.25) is 5.02 Å². The van der Waals surface area contributed by atoms with Gasteiger partial charge >= 0.3 is 0 Å². The summed E-state index contributed by atoms with van der Waals surface area (Å²) in [4.78, 5) is 27.0. The number of hydrogen-bond acceptors (Lipinski definition) is 3. The van der Waals surface area contributed by atoms with Crippen molar-refractivity contribution in [3.8, 4) is 0 Å². The first kappa shape index (κ1) is 20.7. The van der Waals surface area contributed by atoms with E-state index in [0.29, 0.717) is 17.1 Å². The van der Waals surface area contributed by atoms with Crippen LogP contribution in [-0.2, 0) is 4.79 Å².